The third-order valence-electron chi connectivity index (χ3n) is 7.45. The van der Waals surface area contributed by atoms with Gasteiger partial charge in [0.15, 0.2) is 6.10 Å². The van der Waals surface area contributed by atoms with Crippen molar-refractivity contribution in [2.75, 3.05) is 26.8 Å². The first-order valence-corrected chi connectivity index (χ1v) is 13.2. The molecule has 0 radical (unpaired) electrons. The van der Waals surface area contributed by atoms with Gasteiger partial charge >= 0.3 is 12.1 Å². The highest BCUT2D eigenvalue weighted by molar-refractivity contribution is 5.76. The van der Waals surface area contributed by atoms with E-state index < -0.39 is 12.1 Å². The number of rotatable bonds is 8. The van der Waals surface area contributed by atoms with E-state index in [0.717, 1.165) is 49.3 Å². The summed E-state index contributed by atoms with van der Waals surface area (Å²) >= 11 is 0. The van der Waals surface area contributed by atoms with Crippen molar-refractivity contribution >= 4 is 12.1 Å². The smallest absolute Gasteiger partial charge is 0.410 e. The number of likely N-dealkylation sites (tertiary alicyclic amines) is 1. The summed E-state index contributed by atoms with van der Waals surface area (Å²) in [4.78, 5) is 33.0. The highest BCUT2D eigenvalue weighted by Gasteiger charge is 2.40. The molecular formula is C30H33N3O6. The van der Waals surface area contributed by atoms with E-state index in [1.807, 2.05) is 42.2 Å². The van der Waals surface area contributed by atoms with Gasteiger partial charge in [0.25, 0.3) is 0 Å². The first kappa shape index (κ1) is 26.6. The van der Waals surface area contributed by atoms with E-state index in [0.29, 0.717) is 23.8 Å². The molecule has 39 heavy (non-hydrogen) atoms. The Hall–Kier alpha value is -3.95. The third-order valence-corrected chi connectivity index (χ3v) is 7.45. The predicted molar refractivity (Wildman–Crippen MR) is 143 cm³/mol. The van der Waals surface area contributed by atoms with Gasteiger partial charge in [-0.3, -0.25) is 9.80 Å². The lowest BCUT2D eigenvalue weighted by atomic mass is 9.98. The molecule has 1 N–H and O–H groups in total. The standard InChI is InChI=1S/C30H33N3O6/c1-20-23(10-13-27(31-20)39-25-11-8-22(9-12-25)28(34)29(35)37-2)18-32-16-14-24(15-17-32)33-26(19-38-30(33)36)21-6-4-3-5-7-21/h3-13,24,26,28,34H,14-19H2,1-2H3. The number of aliphatic hydroxyl groups is 1. The van der Waals surface area contributed by atoms with Crippen LogP contribution in [0.2, 0.25) is 0 Å². The Kier molecular flexibility index (Phi) is 8.09. The van der Waals surface area contributed by atoms with E-state index in [2.05, 4.69) is 26.8 Å². The number of aryl methyl sites for hydroxylation is 1. The summed E-state index contributed by atoms with van der Waals surface area (Å²) in [5, 5.41) is 9.96. The number of hydrogen-bond acceptors (Lipinski definition) is 8. The molecule has 204 valence electrons. The fraction of sp³-hybridized carbons (Fsp3) is 0.367. The minimum absolute atomic E-state index is 0.0247. The molecule has 2 aliphatic heterocycles. The van der Waals surface area contributed by atoms with E-state index >= 15 is 0 Å². The average Bonchev–Trinajstić information content (AvgIpc) is 3.36. The summed E-state index contributed by atoms with van der Waals surface area (Å²) in [5.74, 6) is 0.304. The van der Waals surface area contributed by atoms with Crippen LogP contribution in [0.1, 0.15) is 47.4 Å². The minimum Gasteiger partial charge on any atom is -0.467 e. The van der Waals surface area contributed by atoms with Crippen LogP contribution in [-0.2, 0) is 20.8 Å². The summed E-state index contributed by atoms with van der Waals surface area (Å²) in [5.41, 5.74) is 3.55. The normalized spacial score (nSPS) is 19.0. The van der Waals surface area contributed by atoms with Gasteiger partial charge in [0.05, 0.1) is 13.2 Å². The van der Waals surface area contributed by atoms with E-state index in [9.17, 15) is 14.7 Å². The topological polar surface area (TPSA) is 101 Å². The lowest BCUT2D eigenvalue weighted by Crippen LogP contribution is -2.46. The Morgan fingerprint density at radius 3 is 2.46 bits per heavy atom. The van der Waals surface area contributed by atoms with Crippen molar-refractivity contribution in [2.24, 2.45) is 0 Å². The number of benzene rings is 2. The molecule has 5 rings (SSSR count). The molecule has 2 unspecified atom stereocenters. The zero-order valence-electron chi connectivity index (χ0n) is 22.2. The lowest BCUT2D eigenvalue weighted by Gasteiger charge is -2.38. The number of aliphatic hydroxyl groups excluding tert-OH is 1. The van der Waals surface area contributed by atoms with Crippen LogP contribution in [0.5, 0.6) is 11.6 Å². The summed E-state index contributed by atoms with van der Waals surface area (Å²) in [6.45, 7) is 4.92. The molecule has 2 saturated heterocycles. The Balaban J connectivity index is 1.16. The number of ether oxygens (including phenoxy) is 3. The van der Waals surface area contributed by atoms with Gasteiger partial charge in [0.2, 0.25) is 5.88 Å². The van der Waals surface area contributed by atoms with Gasteiger partial charge in [-0.25, -0.2) is 14.6 Å². The Labute approximate surface area is 227 Å². The predicted octanol–water partition coefficient (Wildman–Crippen LogP) is 4.55. The molecule has 0 spiro atoms. The molecule has 2 atom stereocenters. The number of carbonyl (C=O) groups excluding carboxylic acids is 2. The highest BCUT2D eigenvalue weighted by Crippen LogP contribution is 2.33. The van der Waals surface area contributed by atoms with Crippen LogP contribution in [-0.4, -0.2) is 64.8 Å². The number of pyridine rings is 1. The number of methoxy groups -OCH3 is 1. The maximum Gasteiger partial charge on any atom is 0.410 e. The molecule has 2 aromatic carbocycles. The first-order chi connectivity index (χ1) is 18.9. The van der Waals surface area contributed by atoms with Crippen molar-refractivity contribution < 1.29 is 28.9 Å². The van der Waals surface area contributed by atoms with Gasteiger partial charge in [-0.1, -0.05) is 48.5 Å². The zero-order valence-corrected chi connectivity index (χ0v) is 22.2. The molecule has 2 aliphatic rings. The van der Waals surface area contributed by atoms with Gasteiger partial charge in [-0.15, -0.1) is 0 Å². The fourth-order valence-electron chi connectivity index (χ4n) is 5.24. The molecule has 3 aromatic rings. The average molecular weight is 532 g/mol. The largest absolute Gasteiger partial charge is 0.467 e. The van der Waals surface area contributed by atoms with E-state index in [1.54, 1.807) is 24.3 Å². The summed E-state index contributed by atoms with van der Waals surface area (Å²) in [6, 6.07) is 20.7. The maximum atomic E-state index is 12.6. The van der Waals surface area contributed by atoms with Crippen LogP contribution < -0.4 is 4.74 Å². The van der Waals surface area contributed by atoms with Crippen LogP contribution in [0.25, 0.3) is 0 Å². The maximum absolute atomic E-state index is 12.6. The number of hydrogen-bond donors (Lipinski definition) is 1. The van der Waals surface area contributed by atoms with Crippen molar-refractivity contribution in [3.8, 4) is 11.6 Å². The van der Waals surface area contributed by atoms with Crippen LogP contribution in [0, 0.1) is 6.92 Å². The van der Waals surface area contributed by atoms with Crippen LogP contribution in [0.3, 0.4) is 0 Å². The number of piperidine rings is 1. The second kappa shape index (κ2) is 11.8. The molecule has 0 saturated carbocycles. The molecule has 2 fully saturated rings. The summed E-state index contributed by atoms with van der Waals surface area (Å²) in [7, 11) is 1.23. The number of carbonyl (C=O) groups is 2. The van der Waals surface area contributed by atoms with E-state index in [4.69, 9.17) is 9.47 Å². The molecule has 9 nitrogen and oxygen atoms in total. The molecule has 3 heterocycles. The van der Waals surface area contributed by atoms with Crippen molar-refractivity contribution in [3.63, 3.8) is 0 Å². The van der Waals surface area contributed by atoms with Crippen LogP contribution in [0.4, 0.5) is 4.79 Å². The summed E-state index contributed by atoms with van der Waals surface area (Å²) < 4.78 is 15.9. The molecule has 0 aliphatic carbocycles. The second-order valence-corrected chi connectivity index (χ2v) is 9.91. The Bertz CT molecular complexity index is 1290. The molecule has 1 amide bonds. The lowest BCUT2D eigenvalue weighted by molar-refractivity contribution is -0.150. The number of nitrogens with zero attached hydrogens (tertiary/aromatic N) is 3. The van der Waals surface area contributed by atoms with Crippen molar-refractivity contribution in [2.45, 2.75) is 44.5 Å². The molecule has 9 heteroatoms. The minimum atomic E-state index is -1.33. The van der Waals surface area contributed by atoms with Crippen LogP contribution in [0.15, 0.2) is 66.7 Å². The van der Waals surface area contributed by atoms with Gasteiger partial charge in [-0.05, 0) is 48.6 Å². The number of amides is 1. The second-order valence-electron chi connectivity index (χ2n) is 9.91. The number of esters is 1. The van der Waals surface area contributed by atoms with Crippen molar-refractivity contribution in [3.05, 3.63) is 89.1 Å². The SMILES string of the molecule is COC(=O)C(O)c1ccc(Oc2ccc(CN3CCC(N4C(=O)OCC4c4ccccc4)CC3)c(C)n2)cc1. The zero-order chi connectivity index (χ0) is 27.4. The van der Waals surface area contributed by atoms with E-state index in [-0.39, 0.29) is 18.2 Å². The van der Waals surface area contributed by atoms with Crippen LogP contribution >= 0.6 is 0 Å². The van der Waals surface area contributed by atoms with E-state index in [1.165, 1.54) is 7.11 Å². The third kappa shape index (κ3) is 6.05. The Morgan fingerprint density at radius 1 is 1.08 bits per heavy atom. The van der Waals surface area contributed by atoms with Gasteiger partial charge in [0.1, 0.15) is 12.4 Å². The quantitative estimate of drug-likeness (QED) is 0.423. The molecule has 1 aromatic heterocycles. The number of cyclic esters (lactones) is 1. The highest BCUT2D eigenvalue weighted by atomic mass is 16.6. The first-order valence-electron chi connectivity index (χ1n) is 13.2. The summed E-state index contributed by atoms with van der Waals surface area (Å²) in [6.07, 6.45) is 0.245. The van der Waals surface area contributed by atoms with Gasteiger partial charge in [0, 0.05) is 37.4 Å². The number of aromatic nitrogens is 1. The van der Waals surface area contributed by atoms with Crippen molar-refractivity contribution in [1.82, 2.24) is 14.8 Å². The van der Waals surface area contributed by atoms with Gasteiger partial charge < -0.3 is 19.3 Å². The Morgan fingerprint density at radius 2 is 1.79 bits per heavy atom. The van der Waals surface area contributed by atoms with Crippen molar-refractivity contribution in [1.29, 1.82) is 0 Å². The monoisotopic (exact) mass is 531 g/mol. The fourth-order valence-corrected chi connectivity index (χ4v) is 5.24. The van der Waals surface area contributed by atoms with Gasteiger partial charge in [-0.2, -0.15) is 0 Å². The molecule has 0 bridgehead atoms. The molecular weight excluding hydrogens is 498 g/mol.